The number of rotatable bonds is 2. The van der Waals surface area contributed by atoms with Crippen molar-refractivity contribution < 1.29 is 9.90 Å². The number of hydrogen-bond acceptors (Lipinski definition) is 2. The van der Waals surface area contributed by atoms with Crippen molar-refractivity contribution in [3.8, 4) is 0 Å². The zero-order valence-electron chi connectivity index (χ0n) is 8.08. The summed E-state index contributed by atoms with van der Waals surface area (Å²) in [6.45, 7) is 1.94. The van der Waals surface area contributed by atoms with Crippen LogP contribution in [-0.4, -0.2) is 11.1 Å². The van der Waals surface area contributed by atoms with Gasteiger partial charge in [-0.15, -0.1) is 11.3 Å². The van der Waals surface area contributed by atoms with E-state index in [4.69, 9.17) is 16.7 Å². The second-order valence-electron chi connectivity index (χ2n) is 3.34. The van der Waals surface area contributed by atoms with Gasteiger partial charge in [0.15, 0.2) is 0 Å². The Labute approximate surface area is 96.1 Å². The smallest absolute Gasteiger partial charge is 0.308 e. The van der Waals surface area contributed by atoms with Crippen LogP contribution in [0.3, 0.4) is 0 Å². The van der Waals surface area contributed by atoms with Crippen LogP contribution in [0, 0.1) is 6.92 Å². The van der Waals surface area contributed by atoms with Crippen LogP contribution in [0.5, 0.6) is 0 Å². The van der Waals surface area contributed by atoms with E-state index in [0.29, 0.717) is 5.02 Å². The van der Waals surface area contributed by atoms with E-state index in [9.17, 15) is 4.79 Å². The molecule has 0 bridgehead atoms. The first-order valence-electron chi connectivity index (χ1n) is 4.48. The summed E-state index contributed by atoms with van der Waals surface area (Å²) in [5.74, 6) is -0.805. The Morgan fingerprint density at radius 2 is 2.27 bits per heavy atom. The summed E-state index contributed by atoms with van der Waals surface area (Å²) in [7, 11) is 0. The maximum absolute atomic E-state index is 10.7. The summed E-state index contributed by atoms with van der Waals surface area (Å²) < 4.78 is 0.980. The predicted octanol–water partition coefficient (Wildman–Crippen LogP) is 3.49. The SMILES string of the molecule is Cc1c(CC(=O)O)sc2c(Cl)cccc12. The summed E-state index contributed by atoms with van der Waals surface area (Å²) in [6.07, 6.45) is 0.0709. The summed E-state index contributed by atoms with van der Waals surface area (Å²) in [4.78, 5) is 11.5. The van der Waals surface area contributed by atoms with Crippen LogP contribution in [0.1, 0.15) is 10.4 Å². The molecule has 1 aromatic carbocycles. The summed E-state index contributed by atoms with van der Waals surface area (Å²) in [5.41, 5.74) is 1.03. The zero-order chi connectivity index (χ0) is 11.0. The van der Waals surface area contributed by atoms with E-state index in [1.165, 1.54) is 11.3 Å². The lowest BCUT2D eigenvalue weighted by atomic mass is 10.1. The van der Waals surface area contributed by atoms with Gasteiger partial charge in [-0.25, -0.2) is 0 Å². The van der Waals surface area contributed by atoms with Gasteiger partial charge in [0, 0.05) is 4.88 Å². The van der Waals surface area contributed by atoms with E-state index in [1.54, 1.807) is 0 Å². The Balaban J connectivity index is 2.64. The molecule has 0 atom stereocenters. The third kappa shape index (κ3) is 1.85. The van der Waals surface area contributed by atoms with Crippen molar-refractivity contribution in [2.75, 3.05) is 0 Å². The molecule has 0 aliphatic heterocycles. The minimum Gasteiger partial charge on any atom is -0.481 e. The molecule has 0 fully saturated rings. The molecule has 2 aromatic rings. The summed E-state index contributed by atoms with van der Waals surface area (Å²) in [6, 6.07) is 5.68. The second kappa shape index (κ2) is 3.83. The van der Waals surface area contributed by atoms with Crippen molar-refractivity contribution in [1.29, 1.82) is 0 Å². The fourth-order valence-corrected chi connectivity index (χ4v) is 3.06. The fourth-order valence-electron chi connectivity index (χ4n) is 1.56. The summed E-state index contributed by atoms with van der Waals surface area (Å²) in [5, 5.41) is 10.5. The highest BCUT2D eigenvalue weighted by Gasteiger charge is 2.12. The Bertz CT molecular complexity index is 531. The molecule has 0 aliphatic rings. The van der Waals surface area contributed by atoms with Crippen LogP contribution < -0.4 is 0 Å². The maximum Gasteiger partial charge on any atom is 0.308 e. The van der Waals surface area contributed by atoms with Gasteiger partial charge < -0.3 is 5.11 Å². The molecule has 2 rings (SSSR count). The number of halogens is 1. The van der Waals surface area contributed by atoms with Gasteiger partial charge in [0.1, 0.15) is 0 Å². The van der Waals surface area contributed by atoms with E-state index < -0.39 is 5.97 Å². The number of carbonyl (C=O) groups is 1. The molecule has 0 spiro atoms. The Kier molecular flexibility index (Phi) is 2.67. The molecule has 2 nitrogen and oxygen atoms in total. The Hall–Kier alpha value is -1.06. The van der Waals surface area contributed by atoms with Gasteiger partial charge >= 0.3 is 5.97 Å². The van der Waals surface area contributed by atoms with Crippen LogP contribution in [0.2, 0.25) is 5.02 Å². The minimum atomic E-state index is -0.805. The van der Waals surface area contributed by atoms with Crippen molar-refractivity contribution in [3.05, 3.63) is 33.7 Å². The number of carboxylic acids is 1. The van der Waals surface area contributed by atoms with Gasteiger partial charge in [-0.05, 0) is 23.9 Å². The average molecular weight is 241 g/mol. The normalized spacial score (nSPS) is 10.8. The molecule has 15 heavy (non-hydrogen) atoms. The molecule has 0 amide bonds. The molecule has 0 unspecified atom stereocenters. The van der Waals surface area contributed by atoms with Crippen LogP contribution in [0.15, 0.2) is 18.2 Å². The lowest BCUT2D eigenvalue weighted by molar-refractivity contribution is -0.136. The number of thiophene rings is 1. The van der Waals surface area contributed by atoms with Gasteiger partial charge in [0.2, 0.25) is 0 Å². The topological polar surface area (TPSA) is 37.3 Å². The lowest BCUT2D eigenvalue weighted by Gasteiger charge is -1.94. The van der Waals surface area contributed by atoms with E-state index in [-0.39, 0.29) is 6.42 Å². The standard InChI is InChI=1S/C11H9ClO2S/c1-6-7-3-2-4-8(12)11(7)15-9(6)5-10(13)14/h2-4H,5H2,1H3,(H,13,14). The quantitative estimate of drug-likeness (QED) is 0.873. The van der Waals surface area contributed by atoms with Crippen molar-refractivity contribution in [2.24, 2.45) is 0 Å². The van der Waals surface area contributed by atoms with Crippen LogP contribution in [0.4, 0.5) is 0 Å². The first-order valence-corrected chi connectivity index (χ1v) is 5.67. The average Bonchev–Trinajstić information content (AvgIpc) is 2.46. The molecule has 4 heteroatoms. The first kappa shape index (κ1) is 10.5. The van der Waals surface area contributed by atoms with Gasteiger partial charge in [0.25, 0.3) is 0 Å². The highest BCUT2D eigenvalue weighted by molar-refractivity contribution is 7.20. The van der Waals surface area contributed by atoms with E-state index in [2.05, 4.69) is 0 Å². The molecule has 1 N–H and O–H groups in total. The van der Waals surface area contributed by atoms with E-state index in [0.717, 1.165) is 20.5 Å². The molecule has 0 aliphatic carbocycles. The number of benzene rings is 1. The second-order valence-corrected chi connectivity index (χ2v) is 4.85. The van der Waals surface area contributed by atoms with Gasteiger partial charge in [-0.3, -0.25) is 4.79 Å². The van der Waals surface area contributed by atoms with Crippen LogP contribution in [-0.2, 0) is 11.2 Å². The largest absolute Gasteiger partial charge is 0.481 e. The van der Waals surface area contributed by atoms with Gasteiger partial charge in [0.05, 0.1) is 16.1 Å². The van der Waals surface area contributed by atoms with Crippen molar-refractivity contribution in [1.82, 2.24) is 0 Å². The molecular weight excluding hydrogens is 232 g/mol. The molecule has 78 valence electrons. The minimum absolute atomic E-state index is 0.0709. The fraction of sp³-hybridized carbons (Fsp3) is 0.182. The lowest BCUT2D eigenvalue weighted by Crippen LogP contribution is -1.98. The predicted molar refractivity (Wildman–Crippen MR) is 62.9 cm³/mol. The third-order valence-corrected chi connectivity index (χ3v) is 4.09. The maximum atomic E-state index is 10.7. The highest BCUT2D eigenvalue weighted by atomic mass is 35.5. The van der Waals surface area contributed by atoms with Crippen molar-refractivity contribution in [2.45, 2.75) is 13.3 Å². The van der Waals surface area contributed by atoms with Crippen LogP contribution in [0.25, 0.3) is 10.1 Å². The van der Waals surface area contributed by atoms with Crippen molar-refractivity contribution >= 4 is 39.0 Å². The van der Waals surface area contributed by atoms with Crippen LogP contribution >= 0.6 is 22.9 Å². The highest BCUT2D eigenvalue weighted by Crippen LogP contribution is 2.35. The van der Waals surface area contributed by atoms with Crippen molar-refractivity contribution in [3.63, 3.8) is 0 Å². The van der Waals surface area contributed by atoms with Gasteiger partial charge in [-0.1, -0.05) is 23.7 Å². The first-order chi connectivity index (χ1) is 7.09. The Morgan fingerprint density at radius 3 is 2.87 bits per heavy atom. The Morgan fingerprint density at radius 1 is 1.53 bits per heavy atom. The number of carboxylic acid groups (broad SMARTS) is 1. The third-order valence-electron chi connectivity index (χ3n) is 2.33. The number of fused-ring (bicyclic) bond motifs is 1. The monoisotopic (exact) mass is 240 g/mol. The molecule has 0 radical (unpaired) electrons. The number of aliphatic carboxylic acids is 1. The molecule has 1 aromatic heterocycles. The van der Waals surface area contributed by atoms with Gasteiger partial charge in [-0.2, -0.15) is 0 Å². The number of hydrogen-bond donors (Lipinski definition) is 1. The molecule has 1 heterocycles. The summed E-state index contributed by atoms with van der Waals surface area (Å²) >= 11 is 7.51. The molecule has 0 saturated carbocycles. The zero-order valence-corrected chi connectivity index (χ0v) is 9.65. The van der Waals surface area contributed by atoms with E-state index >= 15 is 0 Å². The van der Waals surface area contributed by atoms with E-state index in [1.807, 2.05) is 25.1 Å². The number of aryl methyl sites for hydroxylation is 1. The molecular formula is C11H9ClO2S. The molecule has 0 saturated heterocycles.